The van der Waals surface area contributed by atoms with E-state index in [1.165, 1.54) is 24.0 Å². The van der Waals surface area contributed by atoms with Crippen molar-refractivity contribution >= 4 is 0 Å². The molecule has 4 rings (SSSR count). The van der Waals surface area contributed by atoms with Crippen LogP contribution in [-0.2, 0) is 11.8 Å². The summed E-state index contributed by atoms with van der Waals surface area (Å²) in [5.41, 5.74) is 3.21. The van der Waals surface area contributed by atoms with Crippen molar-refractivity contribution in [3.05, 3.63) is 23.3 Å². The van der Waals surface area contributed by atoms with Crippen LogP contribution >= 0.6 is 0 Å². The molecule has 5 atom stereocenters. The van der Waals surface area contributed by atoms with Gasteiger partial charge in [-0.15, -0.1) is 0 Å². The highest BCUT2D eigenvalue weighted by Crippen LogP contribution is 2.68. The maximum absolute atomic E-state index is 10.7. The summed E-state index contributed by atoms with van der Waals surface area (Å²) in [6, 6.07) is 4.28. The molecule has 26 heavy (non-hydrogen) atoms. The average Bonchev–Trinajstić information content (AvgIpc) is 2.92. The monoisotopic (exact) mass is 358 g/mol. The van der Waals surface area contributed by atoms with E-state index in [-0.39, 0.29) is 22.3 Å². The lowest BCUT2D eigenvalue weighted by molar-refractivity contribution is -0.151. The fraction of sp³-hybridized carbons (Fsp3) is 0.739. The third-order valence-electron chi connectivity index (χ3n) is 8.64. The van der Waals surface area contributed by atoms with Gasteiger partial charge in [-0.25, -0.2) is 0 Å². The van der Waals surface area contributed by atoms with Crippen LogP contribution in [0.25, 0.3) is 0 Å². The lowest BCUT2D eigenvalue weighted by Gasteiger charge is -2.62. The zero-order chi connectivity index (χ0) is 18.9. The molecule has 0 spiro atoms. The van der Waals surface area contributed by atoms with Gasteiger partial charge in [0, 0.05) is 17.0 Å². The Balaban J connectivity index is 1.82. The molecule has 3 aliphatic carbocycles. The number of aliphatic hydroxyl groups is 1. The van der Waals surface area contributed by atoms with Gasteiger partial charge in [0.1, 0.15) is 11.5 Å². The minimum Gasteiger partial charge on any atom is -0.497 e. The van der Waals surface area contributed by atoms with Crippen LogP contribution in [0.5, 0.6) is 11.5 Å². The van der Waals surface area contributed by atoms with Crippen LogP contribution in [0.2, 0.25) is 0 Å². The number of fused-ring (bicyclic) bond motifs is 5. The van der Waals surface area contributed by atoms with Crippen molar-refractivity contribution in [2.45, 2.75) is 71.3 Å². The largest absolute Gasteiger partial charge is 0.497 e. The molecule has 0 amide bonds. The van der Waals surface area contributed by atoms with Gasteiger partial charge in [0.15, 0.2) is 0 Å². The average molecular weight is 359 g/mol. The van der Waals surface area contributed by atoms with Crippen molar-refractivity contribution in [2.75, 3.05) is 14.2 Å². The van der Waals surface area contributed by atoms with E-state index in [2.05, 4.69) is 39.8 Å². The van der Waals surface area contributed by atoms with Crippen LogP contribution < -0.4 is 9.47 Å². The molecule has 1 aromatic carbocycles. The van der Waals surface area contributed by atoms with Crippen LogP contribution in [0.1, 0.15) is 64.5 Å². The SMILES string of the molecule is COc1cc2c(c(OC)c1)[C@]1(C)CCC3C(C)(C)C(O)CCC3(C)C1C2. The van der Waals surface area contributed by atoms with Gasteiger partial charge >= 0.3 is 0 Å². The van der Waals surface area contributed by atoms with E-state index in [1.807, 2.05) is 0 Å². The standard InChI is InChI=1S/C23H34O3/c1-21(2)17-7-9-23(4)18(22(17,3)10-8-19(21)24)12-14-11-15(25-5)13-16(26-6)20(14)23/h11,13,17-19,24H,7-10,12H2,1-6H3/t17?,18?,19?,22?,23-/m1/s1. The number of hydrogen-bond donors (Lipinski definition) is 1. The Bertz CT molecular complexity index is 724. The van der Waals surface area contributed by atoms with Crippen LogP contribution in [0.3, 0.4) is 0 Å². The molecule has 0 radical (unpaired) electrons. The predicted molar refractivity (Wildman–Crippen MR) is 104 cm³/mol. The molecule has 3 nitrogen and oxygen atoms in total. The second-order valence-electron chi connectivity index (χ2n) is 10.0. The highest BCUT2D eigenvalue weighted by Gasteiger charge is 2.63. The summed E-state index contributed by atoms with van der Waals surface area (Å²) in [4.78, 5) is 0. The van der Waals surface area contributed by atoms with Crippen molar-refractivity contribution in [1.29, 1.82) is 0 Å². The second kappa shape index (κ2) is 5.64. The summed E-state index contributed by atoms with van der Waals surface area (Å²) in [7, 11) is 3.51. The highest BCUT2D eigenvalue weighted by molar-refractivity contribution is 5.55. The molecule has 1 N–H and O–H groups in total. The molecule has 0 heterocycles. The Morgan fingerprint density at radius 3 is 2.35 bits per heavy atom. The number of rotatable bonds is 2. The van der Waals surface area contributed by atoms with E-state index in [1.54, 1.807) is 14.2 Å². The molecule has 0 aliphatic heterocycles. The summed E-state index contributed by atoms with van der Waals surface area (Å²) >= 11 is 0. The molecule has 3 heteroatoms. The van der Waals surface area contributed by atoms with E-state index in [0.29, 0.717) is 11.8 Å². The summed E-state index contributed by atoms with van der Waals surface area (Å²) < 4.78 is 11.4. The van der Waals surface area contributed by atoms with Gasteiger partial charge in [-0.05, 0) is 66.4 Å². The summed E-state index contributed by atoms with van der Waals surface area (Å²) in [6.07, 6.45) is 5.31. The number of ether oxygens (including phenoxy) is 2. The van der Waals surface area contributed by atoms with Crippen LogP contribution in [0.4, 0.5) is 0 Å². The van der Waals surface area contributed by atoms with Crippen LogP contribution in [0.15, 0.2) is 12.1 Å². The molecule has 2 fully saturated rings. The van der Waals surface area contributed by atoms with E-state index in [9.17, 15) is 5.11 Å². The van der Waals surface area contributed by atoms with Crippen molar-refractivity contribution < 1.29 is 14.6 Å². The minimum absolute atomic E-state index is 0.00905. The first-order valence-corrected chi connectivity index (χ1v) is 10.1. The summed E-state index contributed by atoms with van der Waals surface area (Å²) in [6.45, 7) is 9.53. The van der Waals surface area contributed by atoms with Gasteiger partial charge < -0.3 is 14.6 Å². The summed E-state index contributed by atoms with van der Waals surface area (Å²) in [5.74, 6) is 3.04. The van der Waals surface area contributed by atoms with Gasteiger partial charge in [-0.3, -0.25) is 0 Å². The molecule has 4 unspecified atom stereocenters. The van der Waals surface area contributed by atoms with Gasteiger partial charge in [0.25, 0.3) is 0 Å². The molecule has 0 aromatic heterocycles. The lowest BCUT2D eigenvalue weighted by atomic mass is 9.43. The topological polar surface area (TPSA) is 38.7 Å². The molecular weight excluding hydrogens is 324 g/mol. The number of benzene rings is 1. The van der Waals surface area contributed by atoms with Gasteiger partial charge in [-0.1, -0.05) is 27.7 Å². The molecule has 0 bridgehead atoms. The Morgan fingerprint density at radius 1 is 0.962 bits per heavy atom. The van der Waals surface area contributed by atoms with E-state index in [4.69, 9.17) is 9.47 Å². The number of methoxy groups -OCH3 is 2. The van der Waals surface area contributed by atoms with E-state index >= 15 is 0 Å². The van der Waals surface area contributed by atoms with E-state index < -0.39 is 0 Å². The van der Waals surface area contributed by atoms with Gasteiger partial charge in [-0.2, -0.15) is 0 Å². The lowest BCUT2D eigenvalue weighted by Crippen LogP contribution is -2.58. The maximum atomic E-state index is 10.7. The molecule has 144 valence electrons. The van der Waals surface area contributed by atoms with Crippen molar-refractivity contribution in [3.63, 3.8) is 0 Å². The first kappa shape index (κ1) is 18.2. The molecule has 0 saturated heterocycles. The van der Waals surface area contributed by atoms with Crippen LogP contribution in [0, 0.1) is 22.7 Å². The third kappa shape index (κ3) is 2.16. The molecular formula is C23H34O3. The Labute approximate surface area is 158 Å². The molecule has 3 aliphatic rings. The fourth-order valence-electron chi connectivity index (χ4n) is 7.25. The van der Waals surface area contributed by atoms with Crippen LogP contribution in [-0.4, -0.2) is 25.4 Å². The smallest absolute Gasteiger partial charge is 0.126 e. The third-order valence-corrected chi connectivity index (χ3v) is 8.64. The van der Waals surface area contributed by atoms with Crippen molar-refractivity contribution in [3.8, 4) is 11.5 Å². The number of aliphatic hydroxyl groups excluding tert-OH is 1. The fourth-order valence-corrected chi connectivity index (χ4v) is 7.25. The Morgan fingerprint density at radius 2 is 1.69 bits per heavy atom. The Kier molecular flexibility index (Phi) is 3.94. The predicted octanol–water partition coefficient (Wildman–Crippen LogP) is 4.73. The quantitative estimate of drug-likeness (QED) is 0.830. The van der Waals surface area contributed by atoms with Crippen molar-refractivity contribution in [1.82, 2.24) is 0 Å². The Hall–Kier alpha value is -1.22. The minimum atomic E-state index is -0.177. The first-order chi connectivity index (χ1) is 12.2. The highest BCUT2D eigenvalue weighted by atomic mass is 16.5. The zero-order valence-electron chi connectivity index (χ0n) is 17.2. The zero-order valence-corrected chi connectivity index (χ0v) is 17.2. The number of hydrogen-bond acceptors (Lipinski definition) is 3. The summed E-state index contributed by atoms with van der Waals surface area (Å²) in [5, 5.41) is 10.7. The van der Waals surface area contributed by atoms with Gasteiger partial charge in [0.2, 0.25) is 0 Å². The second-order valence-corrected chi connectivity index (χ2v) is 10.0. The normalized spacial score (nSPS) is 40.3. The van der Waals surface area contributed by atoms with Crippen molar-refractivity contribution in [2.24, 2.45) is 22.7 Å². The van der Waals surface area contributed by atoms with E-state index in [0.717, 1.165) is 30.8 Å². The maximum Gasteiger partial charge on any atom is 0.126 e. The molecule has 1 aromatic rings. The molecule has 2 saturated carbocycles. The first-order valence-electron chi connectivity index (χ1n) is 10.1. The van der Waals surface area contributed by atoms with Gasteiger partial charge in [0.05, 0.1) is 20.3 Å².